The highest BCUT2D eigenvalue weighted by atomic mass is 35.5. The average Bonchev–Trinajstić information content (AvgIpc) is 3.30. The molecule has 0 saturated heterocycles. The lowest BCUT2D eigenvalue weighted by Gasteiger charge is -2.13. The number of benzene rings is 3. The molecule has 3 aromatic carbocycles. The van der Waals surface area contributed by atoms with Gasteiger partial charge in [-0.2, -0.15) is 5.26 Å². The molecule has 1 aliphatic rings. The van der Waals surface area contributed by atoms with E-state index in [0.29, 0.717) is 45.6 Å². The number of para-hydroxylation sites is 1. The Morgan fingerprint density at radius 1 is 1.11 bits per heavy atom. The summed E-state index contributed by atoms with van der Waals surface area (Å²) in [7, 11) is 0. The fourth-order valence-corrected chi connectivity index (χ4v) is 4.83. The second kappa shape index (κ2) is 10.6. The summed E-state index contributed by atoms with van der Waals surface area (Å²) < 4.78 is 19.9. The molecule has 1 aliphatic carbocycles. The Hall–Kier alpha value is -4.25. The summed E-state index contributed by atoms with van der Waals surface area (Å²) in [6.07, 6.45) is 2.66. The van der Waals surface area contributed by atoms with Crippen molar-refractivity contribution in [1.82, 2.24) is 4.98 Å². The summed E-state index contributed by atoms with van der Waals surface area (Å²) in [6, 6.07) is 18.0. The Bertz CT molecular complexity index is 1670. The fourth-order valence-electron chi connectivity index (χ4n) is 4.44. The zero-order valence-electron chi connectivity index (χ0n) is 19.7. The molecule has 9 heteroatoms. The fraction of sp³-hybridized carbons (Fsp3) is 0.103. The van der Waals surface area contributed by atoms with Gasteiger partial charge < -0.3 is 10.1 Å². The van der Waals surface area contributed by atoms with Gasteiger partial charge in [-0.15, -0.1) is 0 Å². The molecular formula is C29H18Cl2FN3O3. The van der Waals surface area contributed by atoms with Crippen molar-refractivity contribution in [2.75, 3.05) is 11.9 Å². The normalized spacial score (nSPS) is 13.3. The van der Waals surface area contributed by atoms with Crippen LogP contribution in [0.15, 0.2) is 60.7 Å². The summed E-state index contributed by atoms with van der Waals surface area (Å²) in [6.45, 7) is -0.574. The Morgan fingerprint density at radius 3 is 2.71 bits per heavy atom. The number of ether oxygens (including phenoxy) is 1. The van der Waals surface area contributed by atoms with E-state index in [-0.39, 0.29) is 21.8 Å². The smallest absolute Gasteiger partial charge is 0.339 e. The minimum Gasteiger partial charge on any atom is -0.452 e. The van der Waals surface area contributed by atoms with Crippen molar-refractivity contribution >= 4 is 63.3 Å². The minimum absolute atomic E-state index is 0.220. The number of nitriles is 1. The number of hydrogen-bond acceptors (Lipinski definition) is 5. The van der Waals surface area contributed by atoms with Crippen LogP contribution in [0.2, 0.25) is 10.0 Å². The van der Waals surface area contributed by atoms with E-state index in [1.54, 1.807) is 36.4 Å². The Labute approximate surface area is 227 Å². The number of amides is 1. The number of carbonyl (C=O) groups excluding carboxylic acids is 2. The van der Waals surface area contributed by atoms with Gasteiger partial charge in [-0.25, -0.2) is 14.2 Å². The third-order valence-corrected chi connectivity index (χ3v) is 6.74. The maximum absolute atomic E-state index is 14.5. The summed E-state index contributed by atoms with van der Waals surface area (Å²) >= 11 is 12.2. The summed E-state index contributed by atoms with van der Waals surface area (Å²) in [4.78, 5) is 30.6. The van der Waals surface area contributed by atoms with E-state index < -0.39 is 24.3 Å². The minimum atomic E-state index is -0.688. The number of fused-ring (bicyclic) bond motifs is 2. The van der Waals surface area contributed by atoms with Crippen LogP contribution < -0.4 is 5.32 Å². The van der Waals surface area contributed by atoms with Gasteiger partial charge in [0, 0.05) is 16.0 Å². The highest BCUT2D eigenvalue weighted by Gasteiger charge is 2.28. The zero-order valence-corrected chi connectivity index (χ0v) is 21.2. The van der Waals surface area contributed by atoms with Crippen LogP contribution in [0.1, 0.15) is 39.2 Å². The monoisotopic (exact) mass is 545 g/mol. The first kappa shape index (κ1) is 25.4. The van der Waals surface area contributed by atoms with Crippen LogP contribution in [0.3, 0.4) is 0 Å². The van der Waals surface area contributed by atoms with E-state index >= 15 is 0 Å². The van der Waals surface area contributed by atoms with Crippen molar-refractivity contribution in [2.24, 2.45) is 0 Å². The number of nitrogens with zero attached hydrogens (tertiary/aromatic N) is 2. The van der Waals surface area contributed by atoms with Gasteiger partial charge in [0.05, 0.1) is 33.0 Å². The van der Waals surface area contributed by atoms with E-state index in [2.05, 4.69) is 5.32 Å². The summed E-state index contributed by atoms with van der Waals surface area (Å²) in [5, 5.41) is 13.0. The molecule has 1 amide bonds. The molecule has 1 heterocycles. The Balaban J connectivity index is 1.45. The lowest BCUT2D eigenvalue weighted by molar-refractivity contribution is -0.119. The van der Waals surface area contributed by atoms with Crippen LogP contribution in [0.5, 0.6) is 0 Å². The van der Waals surface area contributed by atoms with Gasteiger partial charge >= 0.3 is 5.97 Å². The molecule has 0 fully saturated rings. The molecule has 1 aromatic heterocycles. The number of rotatable bonds is 5. The van der Waals surface area contributed by atoms with Gasteiger partial charge in [-0.1, -0.05) is 47.5 Å². The molecule has 0 unspecified atom stereocenters. The second-order valence-electron chi connectivity index (χ2n) is 8.56. The van der Waals surface area contributed by atoms with Gasteiger partial charge in [0.25, 0.3) is 5.91 Å². The van der Waals surface area contributed by atoms with E-state index in [0.717, 1.165) is 5.57 Å². The number of hydrogen-bond donors (Lipinski definition) is 1. The number of halogens is 3. The molecule has 0 bridgehead atoms. The molecule has 0 spiro atoms. The molecule has 1 N–H and O–H groups in total. The number of aromatic nitrogens is 1. The molecular weight excluding hydrogens is 528 g/mol. The predicted molar refractivity (Wildman–Crippen MR) is 144 cm³/mol. The number of nitrogens with one attached hydrogen (secondary N) is 1. The van der Waals surface area contributed by atoms with E-state index in [9.17, 15) is 19.2 Å². The maximum atomic E-state index is 14.5. The molecule has 0 aliphatic heterocycles. The van der Waals surface area contributed by atoms with Gasteiger partial charge in [0.1, 0.15) is 11.9 Å². The van der Waals surface area contributed by atoms with Crippen molar-refractivity contribution in [1.29, 1.82) is 5.26 Å². The van der Waals surface area contributed by atoms with E-state index in [4.69, 9.17) is 32.9 Å². The number of esters is 1. The van der Waals surface area contributed by atoms with E-state index in [1.165, 1.54) is 30.3 Å². The first-order chi connectivity index (χ1) is 18.4. The standard InChI is InChI=1S/C29H18Cl2FN3O3/c30-18-10-8-17(14-33)25(13-18)34-26(36)15-38-29(37)27-19-4-1-2-7-24(19)35-28-16(9-11-20(27)28)12-21-22(31)5-3-6-23(21)32/h1-8,10,12-13H,9,11,15H2,(H,34,36)/b16-12-. The molecule has 5 rings (SSSR count). The maximum Gasteiger partial charge on any atom is 0.339 e. The topological polar surface area (TPSA) is 92.1 Å². The van der Waals surface area contributed by atoms with Gasteiger partial charge in [-0.3, -0.25) is 4.79 Å². The van der Waals surface area contributed by atoms with Gasteiger partial charge in [-0.05, 0) is 66.5 Å². The largest absolute Gasteiger partial charge is 0.452 e. The van der Waals surface area contributed by atoms with Gasteiger partial charge in [0.2, 0.25) is 0 Å². The highest BCUT2D eigenvalue weighted by molar-refractivity contribution is 6.32. The molecule has 188 valence electrons. The SMILES string of the molecule is N#Cc1ccc(Cl)cc1NC(=O)COC(=O)c1c2c(nc3ccccc13)/C(=C\c1c(F)cccc1Cl)CC2. The molecule has 0 radical (unpaired) electrons. The average molecular weight is 546 g/mol. The van der Waals surface area contributed by atoms with Crippen LogP contribution >= 0.6 is 23.2 Å². The quantitative estimate of drug-likeness (QED) is 0.277. The van der Waals surface area contributed by atoms with Crippen LogP contribution in [0.25, 0.3) is 22.6 Å². The number of carbonyl (C=O) groups is 2. The number of allylic oxidation sites excluding steroid dienone is 1. The van der Waals surface area contributed by atoms with Crippen LogP contribution in [0, 0.1) is 17.1 Å². The molecule has 0 atom stereocenters. The third kappa shape index (κ3) is 4.97. The molecule has 0 saturated carbocycles. The van der Waals surface area contributed by atoms with E-state index in [1.807, 2.05) is 6.07 Å². The van der Waals surface area contributed by atoms with Crippen LogP contribution in [-0.2, 0) is 16.0 Å². The highest BCUT2D eigenvalue weighted by Crippen LogP contribution is 2.38. The molecule has 6 nitrogen and oxygen atoms in total. The van der Waals surface area contributed by atoms with Crippen molar-refractivity contribution in [2.45, 2.75) is 12.8 Å². The van der Waals surface area contributed by atoms with Gasteiger partial charge in [0.15, 0.2) is 6.61 Å². The lowest BCUT2D eigenvalue weighted by Crippen LogP contribution is -2.22. The van der Waals surface area contributed by atoms with Crippen LogP contribution in [-0.4, -0.2) is 23.5 Å². The molecule has 38 heavy (non-hydrogen) atoms. The van der Waals surface area contributed by atoms with Crippen molar-refractivity contribution in [3.63, 3.8) is 0 Å². The van der Waals surface area contributed by atoms with Crippen LogP contribution in [0.4, 0.5) is 10.1 Å². The van der Waals surface area contributed by atoms with Crippen molar-refractivity contribution < 1.29 is 18.7 Å². The third-order valence-electron chi connectivity index (χ3n) is 6.17. The second-order valence-corrected chi connectivity index (χ2v) is 9.41. The summed E-state index contributed by atoms with van der Waals surface area (Å²) in [5.41, 5.74) is 3.54. The van der Waals surface area contributed by atoms with Crippen molar-refractivity contribution in [3.05, 3.63) is 104 Å². The Morgan fingerprint density at radius 2 is 1.92 bits per heavy atom. The zero-order chi connectivity index (χ0) is 26.8. The Kier molecular flexibility index (Phi) is 7.10. The lowest BCUT2D eigenvalue weighted by atomic mass is 10.0. The predicted octanol–water partition coefficient (Wildman–Crippen LogP) is 6.83. The number of pyridine rings is 1. The summed E-state index contributed by atoms with van der Waals surface area (Å²) in [5.74, 6) is -1.77. The van der Waals surface area contributed by atoms with Crippen molar-refractivity contribution in [3.8, 4) is 6.07 Å². The number of anilines is 1. The molecule has 4 aromatic rings. The first-order valence-electron chi connectivity index (χ1n) is 11.6. The first-order valence-corrected chi connectivity index (χ1v) is 12.3.